The standard InChI is InChI=1S/C8H12N2O2.C8H12N2O/c1-5(2)10-4-6(3)7(11)9-8(10)12;1-6(2)10-5-4-8(11)9-7(10)3/h4-5H,1-3H3,(H,9,11,12);4-6H,3H2,1-2H3,(H,9,11). The summed E-state index contributed by atoms with van der Waals surface area (Å²) in [5.74, 6) is 0.541. The van der Waals surface area contributed by atoms with Crippen molar-refractivity contribution in [3.05, 3.63) is 57.3 Å². The zero-order valence-electron chi connectivity index (χ0n) is 14.2. The Bertz CT molecular complexity index is 726. The summed E-state index contributed by atoms with van der Waals surface area (Å²) < 4.78 is 1.50. The predicted molar refractivity (Wildman–Crippen MR) is 89.8 cm³/mol. The van der Waals surface area contributed by atoms with Crippen LogP contribution < -0.4 is 16.6 Å². The number of carbonyl (C=O) groups excluding carboxylic acids is 1. The number of aromatic amines is 1. The van der Waals surface area contributed by atoms with Crippen LogP contribution in [0.3, 0.4) is 0 Å². The van der Waals surface area contributed by atoms with Crippen molar-refractivity contribution in [1.82, 2.24) is 19.8 Å². The van der Waals surface area contributed by atoms with Gasteiger partial charge >= 0.3 is 5.69 Å². The van der Waals surface area contributed by atoms with Crippen LogP contribution in [0.4, 0.5) is 0 Å². The Kier molecular flexibility index (Phi) is 6.12. The zero-order valence-corrected chi connectivity index (χ0v) is 14.2. The SMILES string of the molecule is C=C1NC(=O)C=CN1C(C)C.Cc1cn(C(C)C)c(=O)[nH]c1=O. The maximum absolute atomic E-state index is 11.1. The van der Waals surface area contributed by atoms with Crippen LogP contribution in [0.5, 0.6) is 0 Å². The van der Waals surface area contributed by atoms with E-state index < -0.39 is 0 Å². The molecule has 1 aromatic heterocycles. The average molecular weight is 320 g/mol. The van der Waals surface area contributed by atoms with Crippen molar-refractivity contribution in [3.8, 4) is 0 Å². The minimum Gasteiger partial charge on any atom is -0.332 e. The normalized spacial score (nSPS) is 14.0. The van der Waals surface area contributed by atoms with Crippen LogP contribution in [0.2, 0.25) is 0 Å². The molecule has 1 aromatic rings. The molecule has 0 saturated heterocycles. The van der Waals surface area contributed by atoms with Gasteiger partial charge in [-0.05, 0) is 34.6 Å². The minimum atomic E-state index is -0.347. The van der Waals surface area contributed by atoms with E-state index in [1.54, 1.807) is 19.3 Å². The number of amides is 1. The summed E-state index contributed by atoms with van der Waals surface area (Å²) in [5, 5.41) is 2.62. The second kappa shape index (κ2) is 7.62. The highest BCUT2D eigenvalue weighted by atomic mass is 16.2. The van der Waals surface area contributed by atoms with Gasteiger partial charge in [0.05, 0.1) is 0 Å². The van der Waals surface area contributed by atoms with Gasteiger partial charge < -0.3 is 10.2 Å². The number of aromatic nitrogens is 2. The zero-order chi connectivity index (χ0) is 17.7. The lowest BCUT2D eigenvalue weighted by molar-refractivity contribution is -0.116. The van der Waals surface area contributed by atoms with Crippen molar-refractivity contribution in [3.63, 3.8) is 0 Å². The fourth-order valence-corrected chi connectivity index (χ4v) is 1.94. The Balaban J connectivity index is 0.000000231. The fourth-order valence-electron chi connectivity index (χ4n) is 1.94. The summed E-state index contributed by atoms with van der Waals surface area (Å²) in [6.45, 7) is 13.2. The molecule has 1 amide bonds. The van der Waals surface area contributed by atoms with E-state index in [4.69, 9.17) is 0 Å². The predicted octanol–water partition coefficient (Wildman–Crippen LogP) is 1.24. The number of nitrogens with one attached hydrogen (secondary N) is 2. The molecule has 0 bridgehead atoms. The van der Waals surface area contributed by atoms with Gasteiger partial charge in [-0.15, -0.1) is 0 Å². The molecule has 2 N–H and O–H groups in total. The molecule has 7 heteroatoms. The van der Waals surface area contributed by atoms with Gasteiger partial charge in [-0.3, -0.25) is 19.1 Å². The first kappa shape index (κ1) is 18.5. The highest BCUT2D eigenvalue weighted by molar-refractivity contribution is 5.89. The van der Waals surface area contributed by atoms with Crippen LogP contribution in [0.15, 0.2) is 40.5 Å². The molecule has 23 heavy (non-hydrogen) atoms. The van der Waals surface area contributed by atoms with Gasteiger partial charge in [0.25, 0.3) is 11.5 Å². The largest absolute Gasteiger partial charge is 0.332 e. The lowest BCUT2D eigenvalue weighted by Crippen LogP contribution is -2.38. The molecular formula is C16H24N4O3. The van der Waals surface area contributed by atoms with Crippen molar-refractivity contribution >= 4 is 5.91 Å². The molecule has 0 aromatic carbocycles. The van der Waals surface area contributed by atoms with Crippen LogP contribution in [0.25, 0.3) is 0 Å². The summed E-state index contributed by atoms with van der Waals surface area (Å²) in [6, 6.07) is 0.410. The van der Waals surface area contributed by atoms with Crippen molar-refractivity contribution in [2.24, 2.45) is 0 Å². The van der Waals surface area contributed by atoms with Crippen molar-refractivity contribution in [2.45, 2.75) is 46.7 Å². The quantitative estimate of drug-likeness (QED) is 0.858. The molecule has 126 valence electrons. The van der Waals surface area contributed by atoms with Gasteiger partial charge in [-0.2, -0.15) is 0 Å². The molecule has 0 spiro atoms. The Morgan fingerprint density at radius 1 is 1.09 bits per heavy atom. The number of hydrogen-bond acceptors (Lipinski definition) is 4. The third-order valence-electron chi connectivity index (χ3n) is 3.22. The molecular weight excluding hydrogens is 296 g/mol. The maximum Gasteiger partial charge on any atom is 0.328 e. The Morgan fingerprint density at radius 3 is 2.17 bits per heavy atom. The summed E-state index contributed by atoms with van der Waals surface area (Å²) in [7, 11) is 0. The lowest BCUT2D eigenvalue weighted by Gasteiger charge is -2.29. The van der Waals surface area contributed by atoms with E-state index in [9.17, 15) is 14.4 Å². The van der Waals surface area contributed by atoms with Gasteiger partial charge in [0.1, 0.15) is 5.82 Å². The van der Waals surface area contributed by atoms with E-state index in [1.165, 1.54) is 10.6 Å². The van der Waals surface area contributed by atoms with E-state index in [-0.39, 0.29) is 23.2 Å². The third-order valence-corrected chi connectivity index (χ3v) is 3.22. The van der Waals surface area contributed by atoms with Crippen LogP contribution in [-0.2, 0) is 4.79 Å². The Morgan fingerprint density at radius 2 is 1.70 bits per heavy atom. The number of hydrogen-bond donors (Lipinski definition) is 2. The summed E-state index contributed by atoms with van der Waals surface area (Å²) in [6.07, 6.45) is 4.81. The van der Waals surface area contributed by atoms with Gasteiger partial charge in [0.2, 0.25) is 0 Å². The number of nitrogens with zero attached hydrogens (tertiary/aromatic N) is 2. The van der Waals surface area contributed by atoms with Crippen LogP contribution in [0, 0.1) is 6.92 Å². The van der Waals surface area contributed by atoms with E-state index in [2.05, 4.69) is 16.9 Å². The molecule has 0 aliphatic carbocycles. The average Bonchev–Trinajstić information content (AvgIpc) is 2.42. The molecule has 7 nitrogen and oxygen atoms in total. The van der Waals surface area contributed by atoms with Gasteiger partial charge in [-0.1, -0.05) is 6.58 Å². The first-order valence-electron chi connectivity index (χ1n) is 7.42. The second-order valence-electron chi connectivity index (χ2n) is 5.83. The molecule has 2 rings (SSSR count). The fraction of sp³-hybridized carbons (Fsp3) is 0.438. The van der Waals surface area contributed by atoms with E-state index in [0.29, 0.717) is 17.4 Å². The molecule has 0 atom stereocenters. The highest BCUT2D eigenvalue weighted by Gasteiger charge is 2.14. The van der Waals surface area contributed by atoms with Crippen molar-refractivity contribution in [1.29, 1.82) is 0 Å². The van der Waals surface area contributed by atoms with E-state index >= 15 is 0 Å². The van der Waals surface area contributed by atoms with Crippen LogP contribution in [0.1, 0.15) is 39.3 Å². The van der Waals surface area contributed by atoms with Crippen molar-refractivity contribution < 1.29 is 4.79 Å². The maximum atomic E-state index is 11.1. The molecule has 0 unspecified atom stereocenters. The van der Waals surface area contributed by atoms with Crippen molar-refractivity contribution in [2.75, 3.05) is 0 Å². The van der Waals surface area contributed by atoms with Gasteiger partial charge in [0, 0.05) is 36.1 Å². The summed E-state index contributed by atoms with van der Waals surface area (Å²) >= 11 is 0. The van der Waals surface area contributed by atoms with Crippen LogP contribution in [-0.4, -0.2) is 26.4 Å². The minimum absolute atomic E-state index is 0.0769. The summed E-state index contributed by atoms with van der Waals surface area (Å²) in [5.41, 5.74) is -0.0965. The van der Waals surface area contributed by atoms with Gasteiger partial charge in [-0.25, -0.2) is 4.79 Å². The number of rotatable bonds is 2. The Hall–Kier alpha value is -2.57. The van der Waals surface area contributed by atoms with Gasteiger partial charge in [0.15, 0.2) is 0 Å². The molecule has 2 heterocycles. The Labute approximate surface area is 135 Å². The number of carbonyl (C=O) groups is 1. The van der Waals surface area contributed by atoms with Crippen LogP contribution >= 0.6 is 0 Å². The second-order valence-corrected chi connectivity index (χ2v) is 5.83. The smallest absolute Gasteiger partial charge is 0.328 e. The molecule has 1 aliphatic heterocycles. The lowest BCUT2D eigenvalue weighted by atomic mass is 10.3. The van der Waals surface area contributed by atoms with E-state index in [0.717, 1.165) is 0 Å². The topological polar surface area (TPSA) is 87.2 Å². The molecule has 0 radical (unpaired) electrons. The molecule has 1 aliphatic rings. The first-order valence-corrected chi connectivity index (χ1v) is 7.42. The number of aryl methyl sites for hydroxylation is 1. The first-order chi connectivity index (χ1) is 10.6. The molecule has 0 fully saturated rings. The van der Waals surface area contributed by atoms with E-state index in [1.807, 2.05) is 32.6 Å². The third kappa shape index (κ3) is 4.98. The molecule has 0 saturated carbocycles. The summed E-state index contributed by atoms with van der Waals surface area (Å²) in [4.78, 5) is 37.0. The number of H-pyrrole nitrogens is 1. The monoisotopic (exact) mass is 320 g/mol. The highest BCUT2D eigenvalue weighted by Crippen LogP contribution is 2.09.